The number of nitrogens with two attached hydrogens (primary N) is 1. The molecular weight excluding hydrogens is 518 g/mol. The Balaban J connectivity index is 1.14. The molecule has 0 unspecified atom stereocenters. The molecule has 0 saturated carbocycles. The third-order valence-corrected chi connectivity index (χ3v) is 7.21. The number of piperidine rings is 1. The molecule has 5 heterocycles. The SMILES string of the molecule is N[C@@H]1CCCN(Cc2ccnc(C(=O)Nc3ccc(-c4cc5c(N6CCOC(F)(F)C6)ncnc5[nH]4)cc3)c2)C1. The molecule has 12 heteroatoms. The normalized spacial score (nSPS) is 19.6. The molecule has 10 nitrogen and oxygen atoms in total. The number of aromatic nitrogens is 4. The van der Waals surface area contributed by atoms with E-state index in [0.717, 1.165) is 49.3 Å². The minimum absolute atomic E-state index is 0.0874. The minimum Gasteiger partial charge on any atom is -0.345 e. The van der Waals surface area contributed by atoms with E-state index in [1.54, 1.807) is 18.3 Å². The van der Waals surface area contributed by atoms with Crippen molar-refractivity contribution in [2.24, 2.45) is 5.73 Å². The maximum atomic E-state index is 13.8. The predicted molar refractivity (Wildman–Crippen MR) is 147 cm³/mol. The van der Waals surface area contributed by atoms with Gasteiger partial charge >= 0.3 is 6.11 Å². The van der Waals surface area contributed by atoms with Gasteiger partial charge in [-0.2, -0.15) is 8.78 Å². The first-order valence-electron chi connectivity index (χ1n) is 13.3. The molecule has 2 aliphatic rings. The van der Waals surface area contributed by atoms with E-state index >= 15 is 0 Å². The van der Waals surface area contributed by atoms with Crippen LogP contribution in [0.3, 0.4) is 0 Å². The second-order valence-electron chi connectivity index (χ2n) is 10.3. The first-order chi connectivity index (χ1) is 19.3. The van der Waals surface area contributed by atoms with E-state index in [0.29, 0.717) is 34.8 Å². The molecule has 40 heavy (non-hydrogen) atoms. The molecule has 0 spiro atoms. The van der Waals surface area contributed by atoms with E-state index < -0.39 is 12.7 Å². The molecule has 1 amide bonds. The number of amides is 1. The summed E-state index contributed by atoms with van der Waals surface area (Å²) >= 11 is 0. The van der Waals surface area contributed by atoms with Gasteiger partial charge < -0.3 is 25.7 Å². The molecule has 208 valence electrons. The van der Waals surface area contributed by atoms with Crippen LogP contribution >= 0.6 is 0 Å². The number of likely N-dealkylation sites (tertiary alicyclic amines) is 1. The number of morpholine rings is 1. The summed E-state index contributed by atoms with van der Waals surface area (Å²) in [5, 5.41) is 3.55. The van der Waals surface area contributed by atoms with Crippen LogP contribution in [0, 0.1) is 0 Å². The average molecular weight is 549 g/mol. The Morgan fingerprint density at radius 1 is 1.15 bits per heavy atom. The van der Waals surface area contributed by atoms with E-state index in [1.807, 2.05) is 30.3 Å². The number of ether oxygens (including phenoxy) is 1. The van der Waals surface area contributed by atoms with Gasteiger partial charge in [0.2, 0.25) is 0 Å². The Morgan fingerprint density at radius 2 is 2.00 bits per heavy atom. The second-order valence-corrected chi connectivity index (χ2v) is 10.3. The van der Waals surface area contributed by atoms with Gasteiger partial charge in [-0.25, -0.2) is 9.97 Å². The summed E-state index contributed by atoms with van der Waals surface area (Å²) in [5.74, 6) is 0.134. The van der Waals surface area contributed by atoms with Crippen molar-refractivity contribution >= 4 is 28.4 Å². The number of aromatic amines is 1. The van der Waals surface area contributed by atoms with Crippen LogP contribution in [-0.4, -0.2) is 75.7 Å². The Labute approximate surface area is 229 Å². The maximum absolute atomic E-state index is 13.8. The number of hydrogen-bond donors (Lipinski definition) is 3. The van der Waals surface area contributed by atoms with Gasteiger partial charge in [0.15, 0.2) is 0 Å². The first-order valence-corrected chi connectivity index (χ1v) is 13.3. The van der Waals surface area contributed by atoms with E-state index in [1.165, 1.54) is 11.2 Å². The summed E-state index contributed by atoms with van der Waals surface area (Å²) in [4.78, 5) is 32.8. The lowest BCUT2D eigenvalue weighted by Gasteiger charge is -2.33. The Hall–Kier alpha value is -4.00. The Morgan fingerprint density at radius 3 is 2.80 bits per heavy atom. The highest BCUT2D eigenvalue weighted by Gasteiger charge is 2.37. The smallest absolute Gasteiger partial charge is 0.345 e. The molecule has 1 aromatic carbocycles. The number of rotatable bonds is 6. The molecule has 1 atom stereocenters. The molecule has 4 N–H and O–H groups in total. The molecule has 4 aromatic rings. The predicted octanol–water partition coefficient (Wildman–Crippen LogP) is 3.62. The number of H-pyrrole nitrogens is 1. The Kier molecular flexibility index (Phi) is 7.13. The molecule has 3 aromatic heterocycles. The van der Waals surface area contributed by atoms with Crippen LogP contribution in [-0.2, 0) is 11.3 Å². The fourth-order valence-corrected chi connectivity index (χ4v) is 5.29. The highest BCUT2D eigenvalue weighted by Crippen LogP contribution is 2.32. The van der Waals surface area contributed by atoms with Crippen LogP contribution in [0.1, 0.15) is 28.9 Å². The van der Waals surface area contributed by atoms with Crippen LogP contribution in [0.5, 0.6) is 0 Å². The van der Waals surface area contributed by atoms with Crippen molar-refractivity contribution < 1.29 is 18.3 Å². The number of alkyl halides is 2. The third kappa shape index (κ3) is 5.79. The first kappa shape index (κ1) is 26.2. The van der Waals surface area contributed by atoms with Gasteiger partial charge in [-0.15, -0.1) is 0 Å². The maximum Gasteiger partial charge on any atom is 0.373 e. The topological polar surface area (TPSA) is 125 Å². The van der Waals surface area contributed by atoms with Crippen LogP contribution in [0.15, 0.2) is 55.0 Å². The zero-order valence-electron chi connectivity index (χ0n) is 21.8. The molecule has 2 aliphatic heterocycles. The van der Waals surface area contributed by atoms with Crippen molar-refractivity contribution in [2.45, 2.75) is 31.5 Å². The fourth-order valence-electron chi connectivity index (χ4n) is 5.29. The number of carbonyl (C=O) groups is 1. The lowest BCUT2D eigenvalue weighted by molar-refractivity contribution is -0.240. The van der Waals surface area contributed by atoms with Crippen molar-refractivity contribution in [3.05, 3.63) is 66.2 Å². The van der Waals surface area contributed by atoms with Crippen molar-refractivity contribution in [1.29, 1.82) is 0 Å². The van der Waals surface area contributed by atoms with Gasteiger partial charge in [0.25, 0.3) is 5.91 Å². The number of hydrogen-bond acceptors (Lipinski definition) is 8. The minimum atomic E-state index is -3.23. The summed E-state index contributed by atoms with van der Waals surface area (Å²) < 4.78 is 32.2. The number of benzene rings is 1. The zero-order chi connectivity index (χ0) is 27.7. The number of fused-ring (bicyclic) bond motifs is 1. The quantitative estimate of drug-likeness (QED) is 0.334. The molecule has 0 radical (unpaired) electrons. The number of carbonyl (C=O) groups excluding carboxylic acids is 1. The van der Waals surface area contributed by atoms with Crippen molar-refractivity contribution in [3.63, 3.8) is 0 Å². The average Bonchev–Trinajstić information content (AvgIpc) is 3.38. The number of pyridine rings is 1. The van der Waals surface area contributed by atoms with Crippen LogP contribution in [0.4, 0.5) is 20.3 Å². The van der Waals surface area contributed by atoms with Crippen molar-refractivity contribution in [1.82, 2.24) is 24.8 Å². The summed E-state index contributed by atoms with van der Waals surface area (Å²) in [5.41, 5.74) is 10.2. The molecular formula is C28H30F2N8O2. The Bertz CT molecular complexity index is 1510. The molecule has 6 rings (SSSR count). The van der Waals surface area contributed by atoms with Crippen molar-refractivity contribution in [2.75, 3.05) is 43.0 Å². The second kappa shape index (κ2) is 10.9. The lowest BCUT2D eigenvalue weighted by atomic mass is 10.1. The standard InChI is InChI=1S/C28H30F2N8O2/c29-28(30)16-38(10-11-40-28)26-22-13-23(36-25(22)33-17-34-26)19-3-5-21(6-4-19)35-27(39)24-12-18(7-8-32-24)14-37-9-1-2-20(31)15-37/h3-8,12-13,17,20H,1-2,9-11,14-16,31H2,(H,35,39)(H,33,34,36)/t20-/m1/s1. The number of anilines is 2. The van der Waals surface area contributed by atoms with Gasteiger partial charge in [-0.05, 0) is 60.8 Å². The number of nitrogens with zero attached hydrogens (tertiary/aromatic N) is 5. The third-order valence-electron chi connectivity index (χ3n) is 7.21. The lowest BCUT2D eigenvalue weighted by Crippen LogP contribution is -2.47. The molecule has 0 bridgehead atoms. The molecule has 2 fully saturated rings. The molecule has 0 aliphatic carbocycles. The summed E-state index contributed by atoms with van der Waals surface area (Å²) in [7, 11) is 0. The van der Waals surface area contributed by atoms with E-state index in [-0.39, 0.29) is 18.6 Å². The van der Waals surface area contributed by atoms with Gasteiger partial charge in [0, 0.05) is 43.3 Å². The highest BCUT2D eigenvalue weighted by atomic mass is 19.3. The monoisotopic (exact) mass is 548 g/mol. The fraction of sp³-hybridized carbons (Fsp3) is 0.357. The highest BCUT2D eigenvalue weighted by molar-refractivity contribution is 6.03. The van der Waals surface area contributed by atoms with E-state index in [9.17, 15) is 13.6 Å². The van der Waals surface area contributed by atoms with Crippen molar-refractivity contribution in [3.8, 4) is 11.3 Å². The van der Waals surface area contributed by atoms with Crippen LogP contribution in [0.25, 0.3) is 22.3 Å². The largest absolute Gasteiger partial charge is 0.373 e. The van der Waals surface area contributed by atoms with E-state index in [2.05, 4.69) is 34.9 Å². The summed E-state index contributed by atoms with van der Waals surface area (Å²) in [6.45, 7) is 2.23. The van der Waals surface area contributed by atoms with Gasteiger partial charge in [-0.3, -0.25) is 14.7 Å². The van der Waals surface area contributed by atoms with Crippen LogP contribution < -0.4 is 16.0 Å². The number of nitrogens with one attached hydrogen (secondary N) is 2. The zero-order valence-corrected chi connectivity index (χ0v) is 21.8. The number of halogens is 2. The van der Waals surface area contributed by atoms with Gasteiger partial charge in [0.1, 0.15) is 30.0 Å². The van der Waals surface area contributed by atoms with E-state index in [4.69, 9.17) is 5.73 Å². The van der Waals surface area contributed by atoms with Gasteiger partial charge in [0.05, 0.1) is 12.0 Å². The summed E-state index contributed by atoms with van der Waals surface area (Å²) in [6, 6.07) is 13.1. The van der Waals surface area contributed by atoms with Gasteiger partial charge in [-0.1, -0.05) is 12.1 Å². The summed E-state index contributed by atoms with van der Waals surface area (Å²) in [6.07, 6.45) is 1.91. The molecule has 2 saturated heterocycles. The van der Waals surface area contributed by atoms with Crippen LogP contribution in [0.2, 0.25) is 0 Å².